The van der Waals surface area contributed by atoms with Crippen LogP contribution in [0.5, 0.6) is 11.5 Å². The Hall–Kier alpha value is -1.14. The number of carbonyl (C=O) groups excluding carboxylic acids is 1. The number of hydrogen-bond acceptors (Lipinski definition) is 4. The van der Waals surface area contributed by atoms with Crippen molar-refractivity contribution in [3.63, 3.8) is 0 Å². The van der Waals surface area contributed by atoms with Gasteiger partial charge < -0.3 is 15.6 Å². The van der Waals surface area contributed by atoms with E-state index < -0.39 is 17.3 Å². The molecule has 0 aromatic heterocycles. The van der Waals surface area contributed by atoms with Gasteiger partial charge in [0.25, 0.3) is 0 Å². The largest absolute Gasteiger partial charge is 0.504 e. The third kappa shape index (κ3) is 2.10. The molecule has 0 heterocycles. The van der Waals surface area contributed by atoms with Crippen LogP contribution in [0.1, 0.15) is 10.4 Å². The Balaban J connectivity index is 3.45. The molecule has 0 saturated heterocycles. The Morgan fingerprint density at radius 3 is 2.80 bits per heavy atom. The maximum absolute atomic E-state index is 13.4. The van der Waals surface area contributed by atoms with Crippen LogP contribution in [0.15, 0.2) is 10.5 Å². The fourth-order valence-corrected chi connectivity index (χ4v) is 1.51. The van der Waals surface area contributed by atoms with Gasteiger partial charge >= 0.3 is 0 Å². The zero-order valence-electron chi connectivity index (χ0n) is 7.88. The standard InChI is InChI=1S/C9H9BrFNO3/c1-15-9-4(6(13)3-12)2-5(10)8(14)7(9)11/h2,14H,3,12H2,1H3. The summed E-state index contributed by atoms with van der Waals surface area (Å²) in [6.07, 6.45) is 0. The van der Waals surface area contributed by atoms with E-state index in [9.17, 15) is 14.3 Å². The molecule has 0 spiro atoms. The summed E-state index contributed by atoms with van der Waals surface area (Å²) in [5.74, 6) is -2.35. The molecule has 6 heteroatoms. The number of carbonyl (C=O) groups is 1. The van der Waals surface area contributed by atoms with Crippen LogP contribution in [0.3, 0.4) is 0 Å². The predicted octanol–water partition coefficient (Wildman–Crippen LogP) is 1.44. The highest BCUT2D eigenvalue weighted by molar-refractivity contribution is 9.10. The van der Waals surface area contributed by atoms with E-state index in [0.29, 0.717) is 0 Å². The van der Waals surface area contributed by atoms with Crippen molar-refractivity contribution in [2.24, 2.45) is 5.73 Å². The van der Waals surface area contributed by atoms with Crippen molar-refractivity contribution in [2.75, 3.05) is 13.7 Å². The molecular formula is C9H9BrFNO3. The second kappa shape index (κ2) is 4.59. The highest BCUT2D eigenvalue weighted by atomic mass is 79.9. The van der Waals surface area contributed by atoms with Crippen LogP contribution in [0.2, 0.25) is 0 Å². The van der Waals surface area contributed by atoms with Crippen LogP contribution in [0.25, 0.3) is 0 Å². The van der Waals surface area contributed by atoms with E-state index in [4.69, 9.17) is 10.5 Å². The average molecular weight is 278 g/mol. The van der Waals surface area contributed by atoms with Gasteiger partial charge in [0.15, 0.2) is 17.3 Å². The van der Waals surface area contributed by atoms with Crippen LogP contribution >= 0.6 is 15.9 Å². The summed E-state index contributed by atoms with van der Waals surface area (Å²) in [5, 5.41) is 9.25. The Kier molecular flexibility index (Phi) is 3.65. The minimum absolute atomic E-state index is 0.00201. The summed E-state index contributed by atoms with van der Waals surface area (Å²) in [6.45, 7) is -0.257. The second-order valence-electron chi connectivity index (χ2n) is 2.73. The molecule has 1 aromatic rings. The molecule has 0 aliphatic rings. The van der Waals surface area contributed by atoms with Gasteiger partial charge in [-0.15, -0.1) is 0 Å². The fourth-order valence-electron chi connectivity index (χ4n) is 1.11. The lowest BCUT2D eigenvalue weighted by Gasteiger charge is -2.10. The van der Waals surface area contributed by atoms with Crippen molar-refractivity contribution < 1.29 is 19.0 Å². The SMILES string of the molecule is COc1c(C(=O)CN)cc(Br)c(O)c1F. The van der Waals surface area contributed by atoms with Gasteiger partial charge in [-0.25, -0.2) is 0 Å². The molecule has 0 fully saturated rings. The van der Waals surface area contributed by atoms with E-state index in [2.05, 4.69) is 15.9 Å². The summed E-state index contributed by atoms with van der Waals surface area (Å²) in [5.41, 5.74) is 5.16. The van der Waals surface area contributed by atoms with Crippen LogP contribution in [0.4, 0.5) is 4.39 Å². The number of methoxy groups -OCH3 is 1. The number of hydrogen-bond donors (Lipinski definition) is 2. The van der Waals surface area contributed by atoms with Crippen LogP contribution < -0.4 is 10.5 Å². The fraction of sp³-hybridized carbons (Fsp3) is 0.222. The molecule has 82 valence electrons. The van der Waals surface area contributed by atoms with Gasteiger partial charge in [-0.05, 0) is 22.0 Å². The number of ether oxygens (including phenoxy) is 1. The lowest BCUT2D eigenvalue weighted by molar-refractivity contribution is 0.0997. The van der Waals surface area contributed by atoms with Gasteiger partial charge in [-0.2, -0.15) is 4.39 Å². The maximum Gasteiger partial charge on any atom is 0.208 e. The quantitative estimate of drug-likeness (QED) is 0.821. The number of phenolic OH excluding ortho intramolecular Hbond substituents is 1. The molecule has 15 heavy (non-hydrogen) atoms. The third-order valence-electron chi connectivity index (χ3n) is 1.84. The highest BCUT2D eigenvalue weighted by Gasteiger charge is 2.20. The highest BCUT2D eigenvalue weighted by Crippen LogP contribution is 2.36. The topological polar surface area (TPSA) is 72.5 Å². The van der Waals surface area contributed by atoms with Gasteiger partial charge in [0.1, 0.15) is 0 Å². The van der Waals surface area contributed by atoms with Crippen LogP contribution in [-0.4, -0.2) is 24.5 Å². The number of benzene rings is 1. The summed E-state index contributed by atoms with van der Waals surface area (Å²) in [7, 11) is 1.21. The first-order valence-corrected chi connectivity index (χ1v) is 4.80. The van der Waals surface area contributed by atoms with Crippen molar-refractivity contribution in [3.05, 3.63) is 21.9 Å². The predicted molar refractivity (Wildman–Crippen MR) is 55.7 cm³/mol. The van der Waals surface area contributed by atoms with Gasteiger partial charge in [0, 0.05) is 0 Å². The van der Waals surface area contributed by atoms with E-state index in [0.717, 1.165) is 0 Å². The molecule has 0 radical (unpaired) electrons. The molecule has 1 rings (SSSR count). The molecule has 0 aliphatic carbocycles. The normalized spacial score (nSPS) is 10.1. The Morgan fingerprint density at radius 1 is 1.73 bits per heavy atom. The zero-order chi connectivity index (χ0) is 11.6. The third-order valence-corrected chi connectivity index (χ3v) is 2.44. The minimum Gasteiger partial charge on any atom is -0.504 e. The van der Waals surface area contributed by atoms with Gasteiger partial charge in [0.05, 0.1) is 23.7 Å². The summed E-state index contributed by atoms with van der Waals surface area (Å²) < 4.78 is 18.2. The van der Waals surface area contributed by atoms with Gasteiger partial charge in [0.2, 0.25) is 5.82 Å². The van der Waals surface area contributed by atoms with E-state index in [1.807, 2.05) is 0 Å². The Morgan fingerprint density at radius 2 is 2.33 bits per heavy atom. The summed E-state index contributed by atoms with van der Waals surface area (Å²) in [6, 6.07) is 1.27. The molecule has 3 N–H and O–H groups in total. The average Bonchev–Trinajstić information content (AvgIpc) is 2.24. The molecule has 0 aliphatic heterocycles. The number of halogens is 2. The van der Waals surface area contributed by atoms with Crippen LogP contribution in [0, 0.1) is 5.82 Å². The first-order chi connectivity index (χ1) is 7.02. The van der Waals surface area contributed by atoms with Crippen molar-refractivity contribution in [3.8, 4) is 11.5 Å². The molecule has 1 aromatic carbocycles. The first-order valence-electron chi connectivity index (χ1n) is 4.01. The Bertz CT molecular complexity index is 409. The van der Waals surface area contributed by atoms with Crippen molar-refractivity contribution in [1.29, 1.82) is 0 Å². The molecule has 0 atom stereocenters. The van der Waals surface area contributed by atoms with Crippen molar-refractivity contribution >= 4 is 21.7 Å². The van der Waals surface area contributed by atoms with Crippen molar-refractivity contribution in [2.45, 2.75) is 0 Å². The van der Waals surface area contributed by atoms with E-state index in [-0.39, 0.29) is 22.3 Å². The smallest absolute Gasteiger partial charge is 0.208 e. The van der Waals surface area contributed by atoms with Crippen LogP contribution in [-0.2, 0) is 0 Å². The number of ketones is 1. The lowest BCUT2D eigenvalue weighted by atomic mass is 10.1. The number of aromatic hydroxyl groups is 1. The molecule has 0 bridgehead atoms. The number of rotatable bonds is 3. The monoisotopic (exact) mass is 277 g/mol. The van der Waals surface area contributed by atoms with Gasteiger partial charge in [-0.1, -0.05) is 0 Å². The molecular weight excluding hydrogens is 269 g/mol. The number of nitrogens with two attached hydrogens (primary N) is 1. The maximum atomic E-state index is 13.4. The number of phenols is 1. The first kappa shape index (κ1) is 11.9. The molecule has 0 saturated carbocycles. The number of Topliss-reactive ketones (excluding diaryl/α,β-unsaturated/α-hetero) is 1. The zero-order valence-corrected chi connectivity index (χ0v) is 9.47. The van der Waals surface area contributed by atoms with E-state index in [1.54, 1.807) is 0 Å². The van der Waals surface area contributed by atoms with E-state index >= 15 is 0 Å². The van der Waals surface area contributed by atoms with E-state index in [1.165, 1.54) is 13.2 Å². The minimum atomic E-state index is -0.983. The summed E-state index contributed by atoms with van der Waals surface area (Å²) >= 11 is 2.92. The van der Waals surface area contributed by atoms with Crippen molar-refractivity contribution in [1.82, 2.24) is 0 Å². The molecule has 4 nitrogen and oxygen atoms in total. The second-order valence-corrected chi connectivity index (χ2v) is 3.58. The summed E-state index contributed by atoms with van der Waals surface area (Å²) in [4.78, 5) is 11.3. The van der Waals surface area contributed by atoms with Gasteiger partial charge in [-0.3, -0.25) is 4.79 Å². The Labute approximate surface area is 94.0 Å². The lowest BCUT2D eigenvalue weighted by Crippen LogP contribution is -2.15. The molecule has 0 unspecified atom stereocenters. The molecule has 0 amide bonds.